The van der Waals surface area contributed by atoms with Gasteiger partial charge in [0.1, 0.15) is 0 Å². The number of para-hydroxylation sites is 1. The molecule has 0 spiro atoms. The summed E-state index contributed by atoms with van der Waals surface area (Å²) >= 11 is 0. The summed E-state index contributed by atoms with van der Waals surface area (Å²) < 4.78 is 0. The van der Waals surface area contributed by atoms with Crippen molar-refractivity contribution in [3.8, 4) is 0 Å². The normalized spacial score (nSPS) is 22.8. The maximum absolute atomic E-state index is 5.85. The third-order valence-electron chi connectivity index (χ3n) is 3.84. The molecule has 0 saturated heterocycles. The van der Waals surface area contributed by atoms with Crippen molar-refractivity contribution in [2.45, 2.75) is 18.9 Å². The van der Waals surface area contributed by atoms with E-state index in [1.807, 2.05) is 12.3 Å². The van der Waals surface area contributed by atoms with Crippen LogP contribution in [0.1, 0.15) is 12.8 Å². The summed E-state index contributed by atoms with van der Waals surface area (Å²) in [6.45, 7) is 1.09. The first-order valence-corrected chi connectivity index (χ1v) is 6.54. The molecule has 0 bridgehead atoms. The van der Waals surface area contributed by atoms with Gasteiger partial charge in [-0.25, -0.2) is 0 Å². The minimum Gasteiger partial charge on any atom is -0.374 e. The Bertz CT molecular complexity index is 541. The summed E-state index contributed by atoms with van der Waals surface area (Å²) in [5, 5.41) is 1.23. The molecule has 1 aliphatic carbocycles. The van der Waals surface area contributed by atoms with Crippen LogP contribution in [0.2, 0.25) is 0 Å². The highest BCUT2D eigenvalue weighted by Crippen LogP contribution is 2.30. The molecular weight excluding hydrogens is 222 g/mol. The van der Waals surface area contributed by atoms with Gasteiger partial charge in [0.15, 0.2) is 0 Å². The number of aromatic nitrogens is 1. The molecule has 0 atom stereocenters. The van der Waals surface area contributed by atoms with E-state index in [0.717, 1.165) is 30.8 Å². The summed E-state index contributed by atoms with van der Waals surface area (Å²) in [5.74, 6) is 0.747. The Morgan fingerprint density at radius 3 is 2.83 bits per heavy atom. The van der Waals surface area contributed by atoms with Crippen molar-refractivity contribution in [1.82, 2.24) is 4.98 Å². The first-order valence-electron chi connectivity index (χ1n) is 6.54. The predicted molar refractivity (Wildman–Crippen MR) is 75.7 cm³/mol. The highest BCUT2D eigenvalue weighted by molar-refractivity contribution is 5.91. The fourth-order valence-corrected chi connectivity index (χ4v) is 2.84. The highest BCUT2D eigenvalue weighted by Gasteiger charge is 2.27. The van der Waals surface area contributed by atoms with E-state index in [0.29, 0.717) is 6.04 Å². The van der Waals surface area contributed by atoms with Gasteiger partial charge in [0, 0.05) is 36.9 Å². The summed E-state index contributed by atoms with van der Waals surface area (Å²) in [7, 11) is 2.16. The van der Waals surface area contributed by atoms with Gasteiger partial charge < -0.3 is 10.6 Å². The topological polar surface area (TPSA) is 42.1 Å². The van der Waals surface area contributed by atoms with Crippen molar-refractivity contribution in [1.29, 1.82) is 0 Å². The fraction of sp³-hybridized carbons (Fsp3) is 0.400. The molecule has 94 valence electrons. The third kappa shape index (κ3) is 2.06. The zero-order valence-corrected chi connectivity index (χ0v) is 10.7. The SMILES string of the molecule is CN(CC1CC(N)C1)c1ccnc2ccccc12. The number of nitrogens with zero attached hydrogens (tertiary/aromatic N) is 2. The monoisotopic (exact) mass is 241 g/mol. The van der Waals surface area contributed by atoms with Crippen LogP contribution >= 0.6 is 0 Å². The summed E-state index contributed by atoms with van der Waals surface area (Å²) in [6, 6.07) is 10.8. The molecule has 2 aromatic rings. The lowest BCUT2D eigenvalue weighted by Gasteiger charge is -2.36. The minimum atomic E-state index is 0.428. The van der Waals surface area contributed by atoms with E-state index in [1.54, 1.807) is 0 Å². The average Bonchev–Trinajstić information content (AvgIpc) is 2.36. The maximum Gasteiger partial charge on any atom is 0.0722 e. The van der Waals surface area contributed by atoms with Crippen LogP contribution in [-0.2, 0) is 0 Å². The molecule has 0 amide bonds. The molecule has 0 aliphatic heterocycles. The van der Waals surface area contributed by atoms with Gasteiger partial charge in [0.25, 0.3) is 0 Å². The molecule has 0 radical (unpaired) electrons. The number of rotatable bonds is 3. The van der Waals surface area contributed by atoms with Crippen molar-refractivity contribution in [3.05, 3.63) is 36.5 Å². The quantitative estimate of drug-likeness (QED) is 0.897. The van der Waals surface area contributed by atoms with Crippen LogP contribution in [0.15, 0.2) is 36.5 Å². The maximum atomic E-state index is 5.85. The molecule has 3 heteroatoms. The van der Waals surface area contributed by atoms with Crippen LogP contribution in [0.5, 0.6) is 0 Å². The molecule has 1 aliphatic rings. The molecule has 3 nitrogen and oxygen atoms in total. The Balaban J connectivity index is 1.84. The van der Waals surface area contributed by atoms with Crippen molar-refractivity contribution in [2.75, 3.05) is 18.5 Å². The van der Waals surface area contributed by atoms with E-state index < -0.39 is 0 Å². The molecule has 2 N–H and O–H groups in total. The van der Waals surface area contributed by atoms with Crippen LogP contribution in [-0.4, -0.2) is 24.6 Å². The largest absolute Gasteiger partial charge is 0.374 e. The summed E-state index contributed by atoms with van der Waals surface area (Å²) in [5.41, 5.74) is 8.17. The number of hydrogen-bond donors (Lipinski definition) is 1. The number of fused-ring (bicyclic) bond motifs is 1. The molecule has 1 fully saturated rings. The molecule has 1 heterocycles. The van der Waals surface area contributed by atoms with E-state index in [9.17, 15) is 0 Å². The second-order valence-corrected chi connectivity index (χ2v) is 5.33. The number of pyridine rings is 1. The number of anilines is 1. The third-order valence-corrected chi connectivity index (χ3v) is 3.84. The fourth-order valence-electron chi connectivity index (χ4n) is 2.84. The van der Waals surface area contributed by atoms with Gasteiger partial charge in [0.2, 0.25) is 0 Å². The zero-order valence-electron chi connectivity index (χ0n) is 10.7. The van der Waals surface area contributed by atoms with Crippen LogP contribution in [0, 0.1) is 5.92 Å². The lowest BCUT2D eigenvalue weighted by molar-refractivity contribution is 0.271. The molecule has 18 heavy (non-hydrogen) atoms. The van der Waals surface area contributed by atoms with Crippen molar-refractivity contribution in [2.24, 2.45) is 11.7 Å². The Hall–Kier alpha value is -1.61. The number of hydrogen-bond acceptors (Lipinski definition) is 3. The zero-order chi connectivity index (χ0) is 12.5. The molecule has 0 unspecified atom stereocenters. The van der Waals surface area contributed by atoms with Gasteiger partial charge in [0.05, 0.1) is 5.52 Å². The van der Waals surface area contributed by atoms with Crippen LogP contribution in [0.3, 0.4) is 0 Å². The second kappa shape index (κ2) is 4.58. The smallest absolute Gasteiger partial charge is 0.0722 e. The van der Waals surface area contributed by atoms with Crippen molar-refractivity contribution >= 4 is 16.6 Å². The van der Waals surface area contributed by atoms with Gasteiger partial charge in [-0.2, -0.15) is 0 Å². The van der Waals surface area contributed by atoms with E-state index in [-0.39, 0.29) is 0 Å². The second-order valence-electron chi connectivity index (χ2n) is 5.33. The van der Waals surface area contributed by atoms with E-state index in [4.69, 9.17) is 5.73 Å². The van der Waals surface area contributed by atoms with Gasteiger partial charge in [-0.05, 0) is 30.9 Å². The Kier molecular flexibility index (Phi) is 2.92. The molecular formula is C15H19N3. The van der Waals surface area contributed by atoms with Crippen LogP contribution in [0.25, 0.3) is 10.9 Å². The predicted octanol–water partition coefficient (Wildman–Crippen LogP) is 2.41. The molecule has 3 rings (SSSR count). The first-order chi connectivity index (χ1) is 8.74. The Morgan fingerprint density at radius 2 is 2.06 bits per heavy atom. The highest BCUT2D eigenvalue weighted by atomic mass is 15.1. The molecule has 1 saturated carbocycles. The van der Waals surface area contributed by atoms with E-state index in [1.165, 1.54) is 11.1 Å². The van der Waals surface area contributed by atoms with E-state index in [2.05, 4.69) is 41.2 Å². The Morgan fingerprint density at radius 1 is 1.28 bits per heavy atom. The lowest BCUT2D eigenvalue weighted by atomic mass is 9.80. The first kappa shape index (κ1) is 11.5. The van der Waals surface area contributed by atoms with Gasteiger partial charge >= 0.3 is 0 Å². The van der Waals surface area contributed by atoms with Gasteiger partial charge in [-0.1, -0.05) is 18.2 Å². The summed E-state index contributed by atoms with van der Waals surface area (Å²) in [6.07, 6.45) is 4.21. The van der Waals surface area contributed by atoms with Crippen molar-refractivity contribution in [3.63, 3.8) is 0 Å². The lowest BCUT2D eigenvalue weighted by Crippen LogP contribution is -2.41. The number of nitrogens with two attached hydrogens (primary N) is 1. The standard InChI is InChI=1S/C15H19N3/c1-18(10-11-8-12(16)9-11)15-6-7-17-14-5-3-2-4-13(14)15/h2-7,11-12H,8-10,16H2,1H3. The Labute approximate surface area is 108 Å². The van der Waals surface area contributed by atoms with Gasteiger partial charge in [-0.15, -0.1) is 0 Å². The average molecular weight is 241 g/mol. The van der Waals surface area contributed by atoms with Crippen LogP contribution in [0.4, 0.5) is 5.69 Å². The van der Waals surface area contributed by atoms with E-state index >= 15 is 0 Å². The molecule has 1 aromatic carbocycles. The molecule has 1 aromatic heterocycles. The van der Waals surface area contributed by atoms with Crippen LogP contribution < -0.4 is 10.6 Å². The minimum absolute atomic E-state index is 0.428. The summed E-state index contributed by atoms with van der Waals surface area (Å²) in [4.78, 5) is 6.74. The van der Waals surface area contributed by atoms with Gasteiger partial charge in [-0.3, -0.25) is 4.98 Å². The number of benzene rings is 1. The van der Waals surface area contributed by atoms with Crippen molar-refractivity contribution < 1.29 is 0 Å².